The fourth-order valence-electron chi connectivity index (χ4n) is 2.11. The highest BCUT2D eigenvalue weighted by Gasteiger charge is 2.04. The quantitative estimate of drug-likeness (QED) is 0.203. The molecule has 0 fully saturated rings. The van der Waals surface area contributed by atoms with Gasteiger partial charge in [-0.1, -0.05) is 68.4 Å². The summed E-state index contributed by atoms with van der Waals surface area (Å²) in [6.07, 6.45) is 24.4. The molecule has 1 N–H and O–H groups in total. The Kier molecular flexibility index (Phi) is 16.5. The van der Waals surface area contributed by atoms with E-state index < -0.39 is 6.10 Å². The number of carbonyl (C=O) groups excluding carboxylic acids is 1. The molecule has 0 aromatic rings. The Balaban J connectivity index is 3.62. The topological polar surface area (TPSA) is 46.5 Å². The molecule has 0 aliphatic rings. The molecule has 24 heavy (non-hydrogen) atoms. The average Bonchev–Trinajstić information content (AvgIpc) is 2.58. The van der Waals surface area contributed by atoms with Gasteiger partial charge in [0.05, 0.1) is 13.2 Å². The van der Waals surface area contributed by atoms with E-state index in [1.165, 1.54) is 32.8 Å². The molecule has 0 bridgehead atoms. The number of aliphatic hydroxyl groups excluding tert-OH is 1. The van der Waals surface area contributed by atoms with Crippen LogP contribution in [-0.4, -0.2) is 24.3 Å². The summed E-state index contributed by atoms with van der Waals surface area (Å²) in [5, 5.41) is 9.76. The van der Waals surface area contributed by atoms with E-state index in [0.29, 0.717) is 25.7 Å². The highest BCUT2D eigenvalue weighted by molar-refractivity contribution is 5.68. The Morgan fingerprint density at radius 1 is 1.00 bits per heavy atom. The van der Waals surface area contributed by atoms with Crippen molar-refractivity contribution in [3.63, 3.8) is 0 Å². The molecular formula is C21H34O3. The maximum absolute atomic E-state index is 10.9. The van der Waals surface area contributed by atoms with Gasteiger partial charge in [-0.25, -0.2) is 0 Å². The van der Waals surface area contributed by atoms with E-state index in [-0.39, 0.29) is 5.97 Å². The van der Waals surface area contributed by atoms with Crippen LogP contribution in [0.15, 0.2) is 48.6 Å². The molecule has 1 unspecified atom stereocenters. The summed E-state index contributed by atoms with van der Waals surface area (Å²) >= 11 is 0. The van der Waals surface area contributed by atoms with Crippen molar-refractivity contribution in [3.05, 3.63) is 48.6 Å². The second kappa shape index (κ2) is 17.7. The Morgan fingerprint density at radius 2 is 1.75 bits per heavy atom. The van der Waals surface area contributed by atoms with Gasteiger partial charge in [-0.2, -0.15) is 0 Å². The molecule has 0 saturated carbocycles. The van der Waals surface area contributed by atoms with Crippen LogP contribution in [0, 0.1) is 0 Å². The third kappa shape index (κ3) is 16.8. The van der Waals surface area contributed by atoms with Gasteiger partial charge < -0.3 is 9.84 Å². The minimum atomic E-state index is -0.396. The summed E-state index contributed by atoms with van der Waals surface area (Å²) < 4.78 is 4.56. The Hall–Kier alpha value is -1.61. The predicted octanol–water partition coefficient (Wildman–Crippen LogP) is 5.28. The molecule has 0 spiro atoms. The Morgan fingerprint density at radius 3 is 2.46 bits per heavy atom. The molecule has 136 valence electrons. The van der Waals surface area contributed by atoms with Crippen molar-refractivity contribution < 1.29 is 14.6 Å². The van der Waals surface area contributed by atoms with Crippen LogP contribution in [0.3, 0.4) is 0 Å². The van der Waals surface area contributed by atoms with Crippen molar-refractivity contribution in [2.75, 3.05) is 7.11 Å². The highest BCUT2D eigenvalue weighted by atomic mass is 16.5. The zero-order chi connectivity index (χ0) is 17.9. The van der Waals surface area contributed by atoms with Gasteiger partial charge in [0, 0.05) is 6.42 Å². The summed E-state index contributed by atoms with van der Waals surface area (Å²) in [6.45, 7) is 2.22. The van der Waals surface area contributed by atoms with Gasteiger partial charge in [0.2, 0.25) is 0 Å². The van der Waals surface area contributed by atoms with Gasteiger partial charge in [-0.05, 0) is 38.5 Å². The van der Waals surface area contributed by atoms with Gasteiger partial charge in [0.1, 0.15) is 0 Å². The summed E-state index contributed by atoms with van der Waals surface area (Å²) in [4.78, 5) is 10.9. The van der Waals surface area contributed by atoms with E-state index >= 15 is 0 Å². The first-order valence-electron chi connectivity index (χ1n) is 9.08. The van der Waals surface area contributed by atoms with E-state index in [4.69, 9.17) is 0 Å². The van der Waals surface area contributed by atoms with Crippen LogP contribution in [0.25, 0.3) is 0 Å². The van der Waals surface area contributed by atoms with Crippen LogP contribution >= 0.6 is 0 Å². The highest BCUT2D eigenvalue weighted by Crippen LogP contribution is 2.06. The molecule has 0 aromatic heterocycles. The van der Waals surface area contributed by atoms with Crippen LogP contribution in [0.1, 0.15) is 64.7 Å². The molecule has 0 rings (SSSR count). The molecule has 0 aromatic carbocycles. The van der Waals surface area contributed by atoms with Crippen LogP contribution in [-0.2, 0) is 9.53 Å². The number of unbranched alkanes of at least 4 members (excludes halogenated alkanes) is 3. The summed E-state index contributed by atoms with van der Waals surface area (Å²) in [7, 11) is 1.38. The molecule has 1 atom stereocenters. The van der Waals surface area contributed by atoms with Crippen molar-refractivity contribution in [2.24, 2.45) is 0 Å². The lowest BCUT2D eigenvalue weighted by Crippen LogP contribution is -2.07. The maximum atomic E-state index is 10.9. The van der Waals surface area contributed by atoms with Gasteiger partial charge in [-0.15, -0.1) is 0 Å². The van der Waals surface area contributed by atoms with E-state index in [2.05, 4.69) is 29.9 Å². The first kappa shape index (κ1) is 22.4. The fourth-order valence-corrected chi connectivity index (χ4v) is 2.11. The zero-order valence-corrected chi connectivity index (χ0v) is 15.3. The molecule has 0 aliphatic heterocycles. The van der Waals surface area contributed by atoms with Gasteiger partial charge in [0.25, 0.3) is 0 Å². The lowest BCUT2D eigenvalue weighted by Gasteiger charge is -2.06. The standard InChI is InChI=1S/C21H34O3/c1-3-4-5-6-7-8-9-10-11-12-13-14-15-17-20(22)18-16-19-21(23)24-2/h7-8,10-15,20,22H,3-6,9,16-19H2,1-2H3/b8-7+,11-10+,13-12+,15-14+. The predicted molar refractivity (Wildman–Crippen MR) is 102 cm³/mol. The normalized spacial score (nSPS) is 13.6. The Labute approximate surface area is 147 Å². The minimum Gasteiger partial charge on any atom is -0.469 e. The van der Waals surface area contributed by atoms with E-state index in [9.17, 15) is 9.90 Å². The van der Waals surface area contributed by atoms with Gasteiger partial charge >= 0.3 is 5.97 Å². The van der Waals surface area contributed by atoms with E-state index in [1.807, 2.05) is 30.4 Å². The number of carbonyl (C=O) groups is 1. The number of methoxy groups -OCH3 is 1. The van der Waals surface area contributed by atoms with Crippen molar-refractivity contribution in [1.29, 1.82) is 0 Å². The summed E-state index contributed by atoms with van der Waals surface area (Å²) in [5.41, 5.74) is 0. The number of aliphatic hydroxyl groups is 1. The second-order valence-corrected chi connectivity index (χ2v) is 5.80. The molecule has 0 aliphatic carbocycles. The fraction of sp³-hybridized carbons (Fsp3) is 0.571. The third-order valence-electron chi connectivity index (χ3n) is 3.57. The number of esters is 1. The number of ether oxygens (including phenoxy) is 1. The van der Waals surface area contributed by atoms with Crippen LogP contribution < -0.4 is 0 Å². The maximum Gasteiger partial charge on any atom is 0.305 e. The minimum absolute atomic E-state index is 0.219. The molecular weight excluding hydrogens is 300 g/mol. The molecule has 0 saturated heterocycles. The van der Waals surface area contributed by atoms with Gasteiger partial charge in [0.15, 0.2) is 0 Å². The zero-order valence-electron chi connectivity index (χ0n) is 15.3. The third-order valence-corrected chi connectivity index (χ3v) is 3.57. The SMILES string of the molecule is CCCCC/C=C/C/C=C/C=C/C=C/CC(O)CCCC(=O)OC. The average molecular weight is 335 g/mol. The second-order valence-electron chi connectivity index (χ2n) is 5.80. The molecule has 3 heteroatoms. The van der Waals surface area contributed by atoms with Crippen LogP contribution in [0.2, 0.25) is 0 Å². The number of allylic oxidation sites excluding steroid dienone is 7. The van der Waals surface area contributed by atoms with Crippen molar-refractivity contribution in [1.82, 2.24) is 0 Å². The lowest BCUT2D eigenvalue weighted by atomic mass is 10.1. The van der Waals surface area contributed by atoms with Crippen LogP contribution in [0.4, 0.5) is 0 Å². The van der Waals surface area contributed by atoms with Crippen molar-refractivity contribution in [3.8, 4) is 0 Å². The molecule has 0 radical (unpaired) electrons. The number of hydrogen-bond acceptors (Lipinski definition) is 3. The largest absolute Gasteiger partial charge is 0.469 e. The van der Waals surface area contributed by atoms with E-state index in [1.54, 1.807) is 0 Å². The summed E-state index contributed by atoms with van der Waals surface area (Å²) in [5.74, 6) is -0.219. The van der Waals surface area contributed by atoms with Gasteiger partial charge in [-0.3, -0.25) is 4.79 Å². The van der Waals surface area contributed by atoms with Crippen molar-refractivity contribution >= 4 is 5.97 Å². The summed E-state index contributed by atoms with van der Waals surface area (Å²) in [6, 6.07) is 0. The molecule has 0 heterocycles. The first-order valence-corrected chi connectivity index (χ1v) is 9.08. The monoisotopic (exact) mass is 334 g/mol. The lowest BCUT2D eigenvalue weighted by molar-refractivity contribution is -0.140. The smallest absolute Gasteiger partial charge is 0.305 e. The molecule has 0 amide bonds. The first-order chi connectivity index (χ1) is 11.7. The Bertz CT molecular complexity index is 405. The van der Waals surface area contributed by atoms with Crippen molar-refractivity contribution in [2.45, 2.75) is 70.8 Å². The number of hydrogen-bond donors (Lipinski definition) is 1. The molecule has 3 nitrogen and oxygen atoms in total. The van der Waals surface area contributed by atoms with Crippen LogP contribution in [0.5, 0.6) is 0 Å². The number of rotatable bonds is 14. The van der Waals surface area contributed by atoms with E-state index in [0.717, 1.165) is 6.42 Å².